The summed E-state index contributed by atoms with van der Waals surface area (Å²) in [6.45, 7) is 11.1. The van der Waals surface area contributed by atoms with E-state index in [2.05, 4.69) is 65.9 Å². The third-order valence-electron chi connectivity index (χ3n) is 4.81. The summed E-state index contributed by atoms with van der Waals surface area (Å²) in [6.07, 6.45) is 3.78. The monoisotopic (exact) mass is 295 g/mol. The predicted octanol–water partition coefficient (Wildman–Crippen LogP) is 3.58. The highest BCUT2D eigenvalue weighted by molar-refractivity contribution is 5.59. The van der Waals surface area contributed by atoms with Gasteiger partial charge in [0.1, 0.15) is 0 Å². The third kappa shape index (κ3) is 3.00. The van der Waals surface area contributed by atoms with E-state index in [1.807, 2.05) is 12.4 Å². The zero-order valence-electron chi connectivity index (χ0n) is 13.8. The Balaban J connectivity index is 1.68. The minimum Gasteiger partial charge on any atom is -0.369 e. The van der Waals surface area contributed by atoms with Crippen LogP contribution in [-0.4, -0.2) is 36.1 Å². The smallest absolute Gasteiger partial charge is 0.0426 e. The molecule has 1 aromatic carbocycles. The number of anilines is 1. The molecule has 3 nitrogen and oxygen atoms in total. The van der Waals surface area contributed by atoms with Crippen molar-refractivity contribution in [1.29, 1.82) is 0 Å². The highest BCUT2D eigenvalue weighted by Gasteiger charge is 2.23. The van der Waals surface area contributed by atoms with Crippen LogP contribution in [0.1, 0.15) is 29.7 Å². The fraction of sp³-hybridized carbons (Fsp3) is 0.421. The fourth-order valence-corrected chi connectivity index (χ4v) is 3.49. The number of nitrogens with zero attached hydrogens (tertiary/aromatic N) is 3. The first-order valence-corrected chi connectivity index (χ1v) is 8.12. The Kier molecular flexibility index (Phi) is 4.44. The molecule has 1 atom stereocenters. The van der Waals surface area contributed by atoms with Gasteiger partial charge in [0.2, 0.25) is 0 Å². The van der Waals surface area contributed by atoms with Crippen molar-refractivity contribution in [3.05, 3.63) is 59.4 Å². The van der Waals surface area contributed by atoms with Crippen LogP contribution >= 0.6 is 0 Å². The summed E-state index contributed by atoms with van der Waals surface area (Å²) in [5, 5.41) is 0. The van der Waals surface area contributed by atoms with Gasteiger partial charge in [0.25, 0.3) is 0 Å². The van der Waals surface area contributed by atoms with Gasteiger partial charge in [-0.15, -0.1) is 0 Å². The van der Waals surface area contributed by atoms with Crippen molar-refractivity contribution in [3.63, 3.8) is 0 Å². The number of rotatable bonds is 3. The molecule has 0 aliphatic carbocycles. The van der Waals surface area contributed by atoms with Gasteiger partial charge in [-0.3, -0.25) is 9.88 Å². The molecule has 0 radical (unpaired) electrons. The van der Waals surface area contributed by atoms with E-state index >= 15 is 0 Å². The van der Waals surface area contributed by atoms with E-state index in [4.69, 9.17) is 0 Å². The van der Waals surface area contributed by atoms with Crippen molar-refractivity contribution in [2.75, 3.05) is 31.1 Å². The summed E-state index contributed by atoms with van der Waals surface area (Å²) in [5.41, 5.74) is 5.56. The molecule has 0 N–H and O–H groups in total. The number of para-hydroxylation sites is 1. The van der Waals surface area contributed by atoms with Crippen molar-refractivity contribution < 1.29 is 0 Å². The summed E-state index contributed by atoms with van der Waals surface area (Å²) < 4.78 is 0. The zero-order chi connectivity index (χ0) is 15.5. The minimum atomic E-state index is 0.461. The molecule has 1 unspecified atom stereocenters. The average molecular weight is 295 g/mol. The third-order valence-corrected chi connectivity index (χ3v) is 4.81. The van der Waals surface area contributed by atoms with Crippen LogP contribution in [0.25, 0.3) is 0 Å². The molecule has 0 bridgehead atoms. The second-order valence-corrected chi connectivity index (χ2v) is 6.22. The maximum atomic E-state index is 4.12. The number of hydrogen-bond donors (Lipinski definition) is 0. The van der Waals surface area contributed by atoms with Gasteiger partial charge in [-0.05, 0) is 49.6 Å². The standard InChI is InChI=1S/C19H25N3/c1-15-5-4-6-16(2)19(15)22-13-11-21(12-14-22)17(3)18-7-9-20-10-8-18/h4-10,17H,11-14H2,1-3H3. The number of hydrogen-bond acceptors (Lipinski definition) is 3. The van der Waals surface area contributed by atoms with Gasteiger partial charge >= 0.3 is 0 Å². The van der Waals surface area contributed by atoms with E-state index in [1.165, 1.54) is 22.4 Å². The molecule has 116 valence electrons. The Morgan fingerprint density at radius 2 is 1.50 bits per heavy atom. The molecule has 2 heterocycles. The zero-order valence-corrected chi connectivity index (χ0v) is 13.8. The van der Waals surface area contributed by atoms with Gasteiger partial charge in [0.05, 0.1) is 0 Å². The first kappa shape index (κ1) is 15.0. The van der Waals surface area contributed by atoms with Crippen LogP contribution in [0.5, 0.6) is 0 Å². The lowest BCUT2D eigenvalue weighted by molar-refractivity contribution is 0.198. The number of aromatic nitrogens is 1. The Bertz CT molecular complexity index is 596. The van der Waals surface area contributed by atoms with Crippen molar-refractivity contribution in [2.45, 2.75) is 26.8 Å². The SMILES string of the molecule is Cc1cccc(C)c1N1CCN(C(C)c2ccncc2)CC1. The number of pyridine rings is 1. The average Bonchev–Trinajstić information content (AvgIpc) is 2.55. The van der Waals surface area contributed by atoms with Crippen LogP contribution in [0.15, 0.2) is 42.7 Å². The van der Waals surface area contributed by atoms with E-state index in [0.29, 0.717) is 6.04 Å². The highest BCUT2D eigenvalue weighted by atomic mass is 15.3. The van der Waals surface area contributed by atoms with E-state index < -0.39 is 0 Å². The lowest BCUT2D eigenvalue weighted by Gasteiger charge is -2.40. The normalized spacial score (nSPS) is 17.5. The molecule has 0 amide bonds. The van der Waals surface area contributed by atoms with Crippen LogP contribution in [0.2, 0.25) is 0 Å². The summed E-state index contributed by atoms with van der Waals surface area (Å²) in [5.74, 6) is 0. The molecule has 3 heteroatoms. The largest absolute Gasteiger partial charge is 0.369 e. The summed E-state index contributed by atoms with van der Waals surface area (Å²) in [7, 11) is 0. The van der Waals surface area contributed by atoms with Crippen LogP contribution in [0.4, 0.5) is 5.69 Å². The molecule has 1 aromatic heterocycles. The maximum Gasteiger partial charge on any atom is 0.0426 e. The van der Waals surface area contributed by atoms with E-state index in [-0.39, 0.29) is 0 Å². The topological polar surface area (TPSA) is 19.4 Å². The van der Waals surface area contributed by atoms with Gasteiger partial charge in [0, 0.05) is 50.3 Å². The van der Waals surface area contributed by atoms with Gasteiger partial charge in [-0.1, -0.05) is 18.2 Å². The number of aryl methyl sites for hydroxylation is 2. The van der Waals surface area contributed by atoms with E-state index in [1.54, 1.807) is 0 Å². The summed E-state index contributed by atoms with van der Waals surface area (Å²) in [6, 6.07) is 11.3. The van der Waals surface area contributed by atoms with Crippen LogP contribution in [0.3, 0.4) is 0 Å². The Morgan fingerprint density at radius 3 is 2.09 bits per heavy atom. The molecule has 1 aliphatic heterocycles. The van der Waals surface area contributed by atoms with Crippen molar-refractivity contribution >= 4 is 5.69 Å². The molecule has 1 fully saturated rings. The lowest BCUT2D eigenvalue weighted by atomic mass is 10.1. The fourth-order valence-electron chi connectivity index (χ4n) is 3.49. The molecule has 22 heavy (non-hydrogen) atoms. The van der Waals surface area contributed by atoms with Crippen molar-refractivity contribution in [3.8, 4) is 0 Å². The number of benzene rings is 1. The van der Waals surface area contributed by atoms with Gasteiger partial charge in [0.15, 0.2) is 0 Å². The molecule has 3 rings (SSSR count). The first-order valence-electron chi connectivity index (χ1n) is 8.12. The summed E-state index contributed by atoms with van der Waals surface area (Å²) in [4.78, 5) is 9.23. The molecule has 2 aromatic rings. The molecule has 0 saturated carbocycles. The number of piperazine rings is 1. The van der Waals surface area contributed by atoms with Gasteiger partial charge < -0.3 is 4.90 Å². The predicted molar refractivity (Wildman–Crippen MR) is 92.4 cm³/mol. The minimum absolute atomic E-state index is 0.461. The molecular weight excluding hydrogens is 270 g/mol. The first-order chi connectivity index (χ1) is 10.7. The lowest BCUT2D eigenvalue weighted by Crippen LogP contribution is -2.47. The van der Waals surface area contributed by atoms with Crippen LogP contribution < -0.4 is 4.90 Å². The van der Waals surface area contributed by atoms with Crippen molar-refractivity contribution in [1.82, 2.24) is 9.88 Å². The van der Waals surface area contributed by atoms with E-state index in [9.17, 15) is 0 Å². The van der Waals surface area contributed by atoms with Gasteiger partial charge in [-0.25, -0.2) is 0 Å². The summed E-state index contributed by atoms with van der Waals surface area (Å²) >= 11 is 0. The second kappa shape index (κ2) is 6.49. The van der Waals surface area contributed by atoms with Crippen LogP contribution in [-0.2, 0) is 0 Å². The quantitative estimate of drug-likeness (QED) is 0.863. The molecule has 0 spiro atoms. The maximum absolute atomic E-state index is 4.12. The van der Waals surface area contributed by atoms with Gasteiger partial charge in [-0.2, -0.15) is 0 Å². The molecule has 1 aliphatic rings. The highest BCUT2D eigenvalue weighted by Crippen LogP contribution is 2.27. The Hall–Kier alpha value is -1.87. The second-order valence-electron chi connectivity index (χ2n) is 6.22. The molecular formula is C19H25N3. The van der Waals surface area contributed by atoms with E-state index in [0.717, 1.165) is 26.2 Å². The molecule has 1 saturated heterocycles. The van der Waals surface area contributed by atoms with Crippen LogP contribution in [0, 0.1) is 13.8 Å². The van der Waals surface area contributed by atoms with Crippen molar-refractivity contribution in [2.24, 2.45) is 0 Å². The Morgan fingerprint density at radius 1 is 0.909 bits per heavy atom. The Labute approximate surface area is 133 Å².